The summed E-state index contributed by atoms with van der Waals surface area (Å²) in [6, 6.07) is 10.3. The van der Waals surface area contributed by atoms with Crippen molar-refractivity contribution < 1.29 is 0 Å². The third-order valence-electron chi connectivity index (χ3n) is 2.33. The Balaban J connectivity index is 2.33. The lowest BCUT2D eigenvalue weighted by Crippen LogP contribution is -1.98. The fourth-order valence-electron chi connectivity index (χ4n) is 1.60. The van der Waals surface area contributed by atoms with Crippen molar-refractivity contribution in [2.75, 3.05) is 0 Å². The van der Waals surface area contributed by atoms with Crippen molar-refractivity contribution >= 4 is 23.1 Å². The molecule has 0 radical (unpaired) electrons. The smallest absolute Gasteiger partial charge is 0.209 e. The van der Waals surface area contributed by atoms with Crippen LogP contribution in [0.25, 0.3) is 0 Å². The largest absolute Gasteiger partial charge is 0.234 e. The highest BCUT2D eigenvalue weighted by molar-refractivity contribution is 7.05. The zero-order chi connectivity index (χ0) is 10.7. The summed E-state index contributed by atoms with van der Waals surface area (Å²) in [5, 5.41) is 1.35. The minimum absolute atomic E-state index is 0.316. The molecule has 0 aliphatic heterocycles. The Morgan fingerprint density at radius 2 is 2.07 bits per heavy atom. The molecule has 15 heavy (non-hydrogen) atoms. The second-order valence-corrected chi connectivity index (χ2v) is 4.39. The molecule has 1 unspecified atom stereocenters. The van der Waals surface area contributed by atoms with Gasteiger partial charge in [-0.2, -0.15) is 4.37 Å². The lowest BCUT2D eigenvalue weighted by molar-refractivity contribution is 0.769. The van der Waals surface area contributed by atoms with E-state index in [9.17, 15) is 0 Å². The van der Waals surface area contributed by atoms with Gasteiger partial charge in [0.15, 0.2) is 0 Å². The Morgan fingerprint density at radius 3 is 2.60 bits per heavy atom. The van der Waals surface area contributed by atoms with Crippen LogP contribution in [0.1, 0.15) is 29.8 Å². The van der Waals surface area contributed by atoms with Gasteiger partial charge in [0.05, 0.1) is 0 Å². The van der Waals surface area contributed by atoms with E-state index in [2.05, 4.69) is 28.4 Å². The lowest BCUT2D eigenvalue weighted by atomic mass is 9.97. The zero-order valence-electron chi connectivity index (χ0n) is 8.35. The molecule has 0 saturated heterocycles. The van der Waals surface area contributed by atoms with Gasteiger partial charge in [-0.3, -0.25) is 0 Å². The molecule has 1 aromatic heterocycles. The third kappa shape index (κ3) is 2.36. The Hall–Kier alpha value is -0.930. The highest BCUT2D eigenvalue weighted by Crippen LogP contribution is 2.29. The quantitative estimate of drug-likeness (QED) is 0.814. The van der Waals surface area contributed by atoms with Crippen molar-refractivity contribution in [2.45, 2.75) is 19.3 Å². The molecule has 0 amide bonds. The molecule has 1 heterocycles. The molecule has 0 saturated carbocycles. The molecule has 0 aliphatic rings. The van der Waals surface area contributed by atoms with Gasteiger partial charge in [-0.1, -0.05) is 37.3 Å². The molecule has 1 atom stereocenters. The first-order valence-corrected chi connectivity index (χ1v) is 6.00. The van der Waals surface area contributed by atoms with Crippen LogP contribution in [-0.2, 0) is 0 Å². The van der Waals surface area contributed by atoms with Crippen molar-refractivity contribution in [3.8, 4) is 0 Å². The van der Waals surface area contributed by atoms with E-state index in [4.69, 9.17) is 11.6 Å². The van der Waals surface area contributed by atoms with E-state index >= 15 is 0 Å². The molecule has 0 bridgehead atoms. The molecule has 1 aromatic carbocycles. The number of hydrogen-bond donors (Lipinski definition) is 0. The van der Waals surface area contributed by atoms with Crippen LogP contribution < -0.4 is 0 Å². The highest BCUT2D eigenvalue weighted by atomic mass is 35.5. The molecule has 2 nitrogen and oxygen atoms in total. The molecular formula is C11H11ClN2S. The molecule has 2 rings (SSSR count). The Kier molecular flexibility index (Phi) is 3.34. The highest BCUT2D eigenvalue weighted by Gasteiger charge is 2.16. The van der Waals surface area contributed by atoms with Crippen LogP contribution in [0.4, 0.5) is 0 Å². The maximum Gasteiger partial charge on any atom is 0.234 e. The summed E-state index contributed by atoms with van der Waals surface area (Å²) in [6.07, 6.45) is 1.01. The van der Waals surface area contributed by atoms with Gasteiger partial charge in [0.1, 0.15) is 5.01 Å². The average Bonchev–Trinajstić information content (AvgIpc) is 2.68. The van der Waals surface area contributed by atoms with Crippen molar-refractivity contribution in [3.05, 3.63) is 46.2 Å². The maximum absolute atomic E-state index is 5.74. The zero-order valence-corrected chi connectivity index (χ0v) is 9.92. The number of rotatable bonds is 3. The Morgan fingerprint density at radius 1 is 1.33 bits per heavy atom. The van der Waals surface area contributed by atoms with Gasteiger partial charge < -0.3 is 0 Å². The monoisotopic (exact) mass is 238 g/mol. The molecule has 0 fully saturated rings. The summed E-state index contributed by atoms with van der Waals surface area (Å²) in [5.74, 6) is 0.316. The summed E-state index contributed by atoms with van der Waals surface area (Å²) >= 11 is 7.12. The SMILES string of the molecule is CCC(c1ccccc1)c1nc(Cl)ns1. The van der Waals surface area contributed by atoms with E-state index in [1.165, 1.54) is 17.1 Å². The summed E-state index contributed by atoms with van der Waals surface area (Å²) in [6.45, 7) is 2.15. The normalized spacial score (nSPS) is 12.7. The minimum atomic E-state index is 0.316. The van der Waals surface area contributed by atoms with Crippen molar-refractivity contribution in [1.29, 1.82) is 0 Å². The number of halogens is 1. The predicted molar refractivity (Wildman–Crippen MR) is 63.5 cm³/mol. The van der Waals surface area contributed by atoms with Gasteiger partial charge >= 0.3 is 0 Å². The Labute approximate surface area is 98.1 Å². The van der Waals surface area contributed by atoms with E-state index in [1.54, 1.807) is 0 Å². The molecule has 2 aromatic rings. The van der Waals surface area contributed by atoms with E-state index in [1.807, 2.05) is 18.2 Å². The second kappa shape index (κ2) is 4.73. The standard InChI is InChI=1S/C11H11ClN2S/c1-2-9(8-6-4-3-5-7-8)10-13-11(12)14-15-10/h3-7,9H,2H2,1H3. The van der Waals surface area contributed by atoms with Gasteiger partial charge in [0.25, 0.3) is 0 Å². The van der Waals surface area contributed by atoms with Crippen molar-refractivity contribution in [3.63, 3.8) is 0 Å². The van der Waals surface area contributed by atoms with Gasteiger partial charge in [-0.05, 0) is 35.1 Å². The predicted octanol–water partition coefficient (Wildman–Crippen LogP) is 3.73. The molecular weight excluding hydrogens is 228 g/mol. The number of hydrogen-bond acceptors (Lipinski definition) is 3. The van der Waals surface area contributed by atoms with Crippen molar-refractivity contribution in [2.24, 2.45) is 0 Å². The fourth-order valence-corrected chi connectivity index (χ4v) is 2.61. The first kappa shape index (κ1) is 10.6. The summed E-state index contributed by atoms with van der Waals surface area (Å²) in [5.41, 5.74) is 1.27. The van der Waals surface area contributed by atoms with Crippen LogP contribution in [0.5, 0.6) is 0 Å². The van der Waals surface area contributed by atoms with Gasteiger partial charge in [0.2, 0.25) is 5.28 Å². The van der Waals surface area contributed by atoms with Crippen LogP contribution in [0.3, 0.4) is 0 Å². The number of aromatic nitrogens is 2. The second-order valence-electron chi connectivity index (χ2n) is 3.27. The fraction of sp³-hybridized carbons (Fsp3) is 0.273. The topological polar surface area (TPSA) is 25.8 Å². The van der Waals surface area contributed by atoms with Crippen molar-refractivity contribution in [1.82, 2.24) is 9.36 Å². The maximum atomic E-state index is 5.74. The van der Waals surface area contributed by atoms with Crippen LogP contribution in [0.15, 0.2) is 30.3 Å². The van der Waals surface area contributed by atoms with E-state index in [-0.39, 0.29) is 0 Å². The summed E-state index contributed by atoms with van der Waals surface area (Å²) in [4.78, 5) is 4.23. The first-order chi connectivity index (χ1) is 7.31. The minimum Gasteiger partial charge on any atom is -0.209 e. The lowest BCUT2D eigenvalue weighted by Gasteiger charge is -2.10. The third-order valence-corrected chi connectivity index (χ3v) is 3.42. The van der Waals surface area contributed by atoms with Crippen LogP contribution in [0.2, 0.25) is 5.28 Å². The average molecular weight is 239 g/mol. The molecule has 0 aliphatic carbocycles. The molecule has 0 spiro atoms. The van der Waals surface area contributed by atoms with Crippen LogP contribution in [0, 0.1) is 0 Å². The molecule has 0 N–H and O–H groups in total. The van der Waals surface area contributed by atoms with Gasteiger partial charge in [0, 0.05) is 5.92 Å². The molecule has 4 heteroatoms. The Bertz CT molecular complexity index is 427. The summed E-state index contributed by atoms with van der Waals surface area (Å²) in [7, 11) is 0. The number of benzene rings is 1. The van der Waals surface area contributed by atoms with Gasteiger partial charge in [-0.25, -0.2) is 4.98 Å². The van der Waals surface area contributed by atoms with E-state index < -0.39 is 0 Å². The van der Waals surface area contributed by atoms with Crippen LogP contribution in [-0.4, -0.2) is 9.36 Å². The summed E-state index contributed by atoms with van der Waals surface area (Å²) < 4.78 is 4.01. The van der Waals surface area contributed by atoms with E-state index in [0.717, 1.165) is 11.4 Å². The van der Waals surface area contributed by atoms with Crippen LogP contribution >= 0.6 is 23.1 Å². The molecule has 78 valence electrons. The van der Waals surface area contributed by atoms with Gasteiger partial charge in [-0.15, -0.1) is 0 Å². The first-order valence-electron chi connectivity index (χ1n) is 4.85. The number of nitrogens with zero attached hydrogens (tertiary/aromatic N) is 2. The van der Waals surface area contributed by atoms with E-state index in [0.29, 0.717) is 11.2 Å².